The summed E-state index contributed by atoms with van der Waals surface area (Å²) >= 11 is 1.57. The van der Waals surface area contributed by atoms with Crippen LogP contribution in [0.3, 0.4) is 0 Å². The zero-order chi connectivity index (χ0) is 21.8. The summed E-state index contributed by atoms with van der Waals surface area (Å²) in [5, 5.41) is 2.46. The molecule has 3 aromatic carbocycles. The van der Waals surface area contributed by atoms with Crippen molar-refractivity contribution >= 4 is 29.3 Å². The monoisotopic (exact) mass is 438 g/mol. The molecule has 0 aromatic heterocycles. The first-order valence-electron chi connectivity index (χ1n) is 9.82. The highest BCUT2D eigenvalue weighted by atomic mass is 32.2. The van der Waals surface area contributed by atoms with E-state index in [1.807, 2.05) is 47.4 Å². The number of halogens is 2. The van der Waals surface area contributed by atoms with Gasteiger partial charge in [0.15, 0.2) is 11.6 Å². The van der Waals surface area contributed by atoms with Crippen LogP contribution in [0, 0.1) is 11.6 Å². The molecule has 0 bridgehead atoms. The van der Waals surface area contributed by atoms with Crippen LogP contribution in [-0.4, -0.2) is 29.0 Å². The van der Waals surface area contributed by atoms with E-state index in [-0.39, 0.29) is 17.0 Å². The second-order valence-electron chi connectivity index (χ2n) is 7.19. The van der Waals surface area contributed by atoms with Gasteiger partial charge in [-0.05, 0) is 41.8 Å². The van der Waals surface area contributed by atoms with Crippen LogP contribution < -0.4 is 5.32 Å². The molecule has 2 amide bonds. The highest BCUT2D eigenvalue weighted by Gasteiger charge is 2.32. The molecule has 1 N–H and O–H groups in total. The first-order valence-corrected chi connectivity index (χ1v) is 10.9. The first kappa shape index (κ1) is 21.1. The molecule has 1 heterocycles. The fourth-order valence-electron chi connectivity index (χ4n) is 3.44. The minimum Gasteiger partial charge on any atom is -0.326 e. The van der Waals surface area contributed by atoms with Crippen molar-refractivity contribution in [3.63, 3.8) is 0 Å². The molecular formula is C24H20F2N2O2S. The standard InChI is InChI=1S/C24H20F2N2O2S/c25-20-11-10-19(14-21(20)26)27-23(30)17-6-8-18(9-7-17)24-28(22(29)15-31-24)13-12-16-4-2-1-3-5-16/h1-11,14,24H,12-13,15H2,(H,27,30)/t24-/m1/s1. The Kier molecular flexibility index (Phi) is 6.32. The summed E-state index contributed by atoms with van der Waals surface area (Å²) in [6.45, 7) is 0.624. The van der Waals surface area contributed by atoms with Gasteiger partial charge in [-0.1, -0.05) is 42.5 Å². The predicted octanol–water partition coefficient (Wildman–Crippen LogP) is 5.03. The maximum absolute atomic E-state index is 13.3. The van der Waals surface area contributed by atoms with E-state index in [4.69, 9.17) is 0 Å². The van der Waals surface area contributed by atoms with Crippen LogP contribution in [-0.2, 0) is 11.2 Å². The Morgan fingerprint density at radius 3 is 2.45 bits per heavy atom. The average molecular weight is 438 g/mol. The second kappa shape index (κ2) is 9.31. The predicted molar refractivity (Wildman–Crippen MR) is 118 cm³/mol. The maximum atomic E-state index is 13.3. The van der Waals surface area contributed by atoms with Gasteiger partial charge in [0, 0.05) is 23.9 Å². The van der Waals surface area contributed by atoms with Gasteiger partial charge in [0.05, 0.1) is 5.75 Å². The molecule has 0 aliphatic carbocycles. The minimum absolute atomic E-state index is 0.0977. The third-order valence-electron chi connectivity index (χ3n) is 5.09. The molecule has 1 atom stereocenters. The molecule has 4 rings (SSSR count). The van der Waals surface area contributed by atoms with Crippen molar-refractivity contribution in [3.05, 3.63) is 101 Å². The number of carbonyl (C=O) groups is 2. The highest BCUT2D eigenvalue weighted by molar-refractivity contribution is 8.00. The molecule has 7 heteroatoms. The number of nitrogens with one attached hydrogen (secondary N) is 1. The van der Waals surface area contributed by atoms with Crippen LogP contribution in [0.2, 0.25) is 0 Å². The largest absolute Gasteiger partial charge is 0.326 e. The third-order valence-corrected chi connectivity index (χ3v) is 6.34. The number of carbonyl (C=O) groups excluding carboxylic acids is 2. The second-order valence-corrected chi connectivity index (χ2v) is 8.26. The summed E-state index contributed by atoms with van der Waals surface area (Å²) in [6, 6.07) is 20.2. The zero-order valence-corrected chi connectivity index (χ0v) is 17.4. The Labute approximate surface area is 183 Å². The molecule has 0 saturated carbocycles. The average Bonchev–Trinajstić information content (AvgIpc) is 3.16. The Morgan fingerprint density at radius 1 is 1.00 bits per heavy atom. The summed E-state index contributed by atoms with van der Waals surface area (Å²) in [4.78, 5) is 26.7. The van der Waals surface area contributed by atoms with Crippen LogP contribution in [0.1, 0.15) is 26.9 Å². The van der Waals surface area contributed by atoms with E-state index < -0.39 is 17.5 Å². The SMILES string of the molecule is O=C(Nc1ccc(F)c(F)c1)c1ccc([C@H]2SCC(=O)N2CCc2ccccc2)cc1. The highest BCUT2D eigenvalue weighted by Crippen LogP contribution is 2.38. The van der Waals surface area contributed by atoms with Crippen LogP contribution >= 0.6 is 11.8 Å². The fraction of sp³-hybridized carbons (Fsp3) is 0.167. The number of hydrogen-bond donors (Lipinski definition) is 1. The molecule has 158 valence electrons. The van der Waals surface area contributed by atoms with E-state index in [9.17, 15) is 18.4 Å². The summed E-state index contributed by atoms with van der Waals surface area (Å²) in [6.07, 6.45) is 0.776. The molecule has 0 radical (unpaired) electrons. The van der Waals surface area contributed by atoms with E-state index in [1.165, 1.54) is 11.6 Å². The number of anilines is 1. The van der Waals surface area contributed by atoms with E-state index in [2.05, 4.69) is 5.32 Å². The molecule has 4 nitrogen and oxygen atoms in total. The van der Waals surface area contributed by atoms with E-state index in [1.54, 1.807) is 23.9 Å². The summed E-state index contributed by atoms with van der Waals surface area (Å²) in [7, 11) is 0. The Hall–Kier alpha value is -3.19. The Balaban J connectivity index is 1.43. The summed E-state index contributed by atoms with van der Waals surface area (Å²) in [5.74, 6) is -1.88. The van der Waals surface area contributed by atoms with E-state index in [0.717, 1.165) is 24.1 Å². The number of hydrogen-bond acceptors (Lipinski definition) is 3. The van der Waals surface area contributed by atoms with E-state index >= 15 is 0 Å². The van der Waals surface area contributed by atoms with Crippen molar-refractivity contribution in [1.82, 2.24) is 4.90 Å². The van der Waals surface area contributed by atoms with Gasteiger partial charge in [-0.2, -0.15) is 0 Å². The molecule has 1 fully saturated rings. The summed E-state index contributed by atoms with van der Waals surface area (Å²) < 4.78 is 26.4. The normalized spacial score (nSPS) is 15.9. The van der Waals surface area contributed by atoms with Crippen LogP contribution in [0.5, 0.6) is 0 Å². The van der Waals surface area contributed by atoms with Crippen molar-refractivity contribution in [1.29, 1.82) is 0 Å². The van der Waals surface area contributed by atoms with Gasteiger partial charge in [-0.25, -0.2) is 8.78 Å². The molecule has 31 heavy (non-hydrogen) atoms. The lowest BCUT2D eigenvalue weighted by Crippen LogP contribution is -2.30. The molecule has 1 aliphatic heterocycles. The molecule has 0 spiro atoms. The molecular weight excluding hydrogens is 418 g/mol. The minimum atomic E-state index is -1.02. The van der Waals surface area contributed by atoms with Gasteiger partial charge in [0.25, 0.3) is 5.91 Å². The number of rotatable bonds is 6. The first-order chi connectivity index (χ1) is 15.0. The fourth-order valence-corrected chi connectivity index (χ4v) is 4.66. The Morgan fingerprint density at radius 2 is 1.74 bits per heavy atom. The van der Waals surface area contributed by atoms with Crippen LogP contribution in [0.15, 0.2) is 72.8 Å². The number of amides is 2. The van der Waals surface area contributed by atoms with Crippen molar-refractivity contribution in [2.24, 2.45) is 0 Å². The summed E-state index contributed by atoms with van der Waals surface area (Å²) in [5.41, 5.74) is 2.68. The molecule has 3 aromatic rings. The third kappa shape index (κ3) is 4.94. The van der Waals surface area contributed by atoms with Gasteiger partial charge >= 0.3 is 0 Å². The van der Waals surface area contributed by atoms with Crippen molar-refractivity contribution in [3.8, 4) is 0 Å². The van der Waals surface area contributed by atoms with Gasteiger partial charge < -0.3 is 10.2 Å². The van der Waals surface area contributed by atoms with Gasteiger partial charge in [0.2, 0.25) is 5.91 Å². The van der Waals surface area contributed by atoms with Gasteiger partial charge in [0.1, 0.15) is 5.37 Å². The van der Waals surface area contributed by atoms with E-state index in [0.29, 0.717) is 17.9 Å². The van der Waals surface area contributed by atoms with Crippen molar-refractivity contribution < 1.29 is 18.4 Å². The topological polar surface area (TPSA) is 49.4 Å². The van der Waals surface area contributed by atoms with Crippen molar-refractivity contribution in [2.45, 2.75) is 11.8 Å². The molecule has 1 saturated heterocycles. The number of thioether (sulfide) groups is 1. The van der Waals surface area contributed by atoms with Gasteiger partial charge in [-0.3, -0.25) is 9.59 Å². The molecule has 0 unspecified atom stereocenters. The smallest absolute Gasteiger partial charge is 0.255 e. The van der Waals surface area contributed by atoms with Crippen LogP contribution in [0.25, 0.3) is 0 Å². The maximum Gasteiger partial charge on any atom is 0.255 e. The zero-order valence-electron chi connectivity index (χ0n) is 16.6. The number of benzene rings is 3. The lowest BCUT2D eigenvalue weighted by molar-refractivity contribution is -0.128. The van der Waals surface area contributed by atoms with Crippen molar-refractivity contribution in [2.75, 3.05) is 17.6 Å². The molecule has 1 aliphatic rings. The van der Waals surface area contributed by atoms with Crippen LogP contribution in [0.4, 0.5) is 14.5 Å². The Bertz CT molecular complexity index is 1090. The lowest BCUT2D eigenvalue weighted by Gasteiger charge is -2.24. The number of nitrogens with zero attached hydrogens (tertiary/aromatic N) is 1. The van der Waals surface area contributed by atoms with Gasteiger partial charge in [-0.15, -0.1) is 11.8 Å². The lowest BCUT2D eigenvalue weighted by atomic mass is 10.1. The quantitative estimate of drug-likeness (QED) is 0.587.